The van der Waals surface area contributed by atoms with Gasteiger partial charge < -0.3 is 10.5 Å². The zero-order valence-corrected chi connectivity index (χ0v) is 18.8. The zero-order chi connectivity index (χ0) is 22.5. The van der Waals surface area contributed by atoms with Gasteiger partial charge in [0.05, 0.1) is 23.1 Å². The normalized spacial score (nSPS) is 11.9. The fourth-order valence-electron chi connectivity index (χ4n) is 2.95. The molecule has 0 saturated carbocycles. The van der Waals surface area contributed by atoms with E-state index in [9.17, 15) is 9.59 Å². The van der Waals surface area contributed by atoms with Crippen LogP contribution >= 0.6 is 23.4 Å². The van der Waals surface area contributed by atoms with Crippen LogP contribution in [0.1, 0.15) is 13.8 Å². The van der Waals surface area contributed by atoms with E-state index in [1.807, 2.05) is 54.8 Å². The van der Waals surface area contributed by atoms with Crippen LogP contribution in [0, 0.1) is 5.92 Å². The third-order valence-electron chi connectivity index (χ3n) is 4.40. The minimum absolute atomic E-state index is 0.103. The van der Waals surface area contributed by atoms with Gasteiger partial charge in [-0.1, -0.05) is 67.5 Å². The van der Waals surface area contributed by atoms with E-state index >= 15 is 0 Å². The number of methoxy groups -OCH3 is 1. The lowest BCUT2D eigenvalue weighted by molar-refractivity contribution is -0.120. The van der Waals surface area contributed by atoms with Crippen molar-refractivity contribution in [1.82, 2.24) is 20.1 Å². The summed E-state index contributed by atoms with van der Waals surface area (Å²) in [4.78, 5) is 23.7. The summed E-state index contributed by atoms with van der Waals surface area (Å²) in [6.45, 7) is 3.75. The average Bonchev–Trinajstić information content (AvgIpc) is 3.15. The van der Waals surface area contributed by atoms with Gasteiger partial charge in [0.15, 0.2) is 11.0 Å². The lowest BCUT2D eigenvalue weighted by Gasteiger charge is -2.19. The van der Waals surface area contributed by atoms with E-state index in [0.29, 0.717) is 27.4 Å². The highest BCUT2D eigenvalue weighted by atomic mass is 35.5. The van der Waals surface area contributed by atoms with Crippen molar-refractivity contribution in [3.05, 3.63) is 53.6 Å². The molecule has 0 spiro atoms. The summed E-state index contributed by atoms with van der Waals surface area (Å²) in [5, 5.41) is 11.1. The molecule has 3 rings (SSSR count). The monoisotopic (exact) mass is 459 g/mol. The van der Waals surface area contributed by atoms with Gasteiger partial charge in [0, 0.05) is 5.56 Å². The fraction of sp³-hybridized carbons (Fsp3) is 0.238. The second-order valence-electron chi connectivity index (χ2n) is 6.96. The largest absolute Gasteiger partial charge is 0.495 e. The number of carbonyl (C=O) groups excluding carboxylic acids is 2. The number of amides is 3. The quantitative estimate of drug-likeness (QED) is 0.518. The fourth-order valence-corrected chi connectivity index (χ4v) is 4.25. The van der Waals surface area contributed by atoms with Gasteiger partial charge in [0.1, 0.15) is 5.75 Å². The van der Waals surface area contributed by atoms with Crippen LogP contribution in [-0.4, -0.2) is 39.1 Å². The average molecular weight is 460 g/mol. The molecule has 31 heavy (non-hydrogen) atoms. The maximum absolute atomic E-state index is 12.5. The number of hydrogen-bond donors (Lipinski definition) is 2. The lowest BCUT2D eigenvalue weighted by Crippen LogP contribution is -2.42. The Morgan fingerprint density at radius 1 is 1.16 bits per heavy atom. The number of halogens is 1. The molecule has 0 saturated heterocycles. The van der Waals surface area contributed by atoms with E-state index in [1.165, 1.54) is 11.8 Å². The number of urea groups is 1. The van der Waals surface area contributed by atoms with Gasteiger partial charge in [-0.3, -0.25) is 14.7 Å². The van der Waals surface area contributed by atoms with Crippen molar-refractivity contribution in [2.24, 2.45) is 11.7 Å². The third kappa shape index (κ3) is 5.18. The van der Waals surface area contributed by atoms with E-state index in [0.717, 1.165) is 5.56 Å². The predicted octanol–water partition coefficient (Wildman–Crippen LogP) is 3.91. The number of imide groups is 1. The molecule has 1 heterocycles. The molecule has 2 aromatic carbocycles. The Kier molecular flexibility index (Phi) is 7.19. The summed E-state index contributed by atoms with van der Waals surface area (Å²) in [5.41, 5.74) is 6.68. The van der Waals surface area contributed by atoms with Gasteiger partial charge in [-0.2, -0.15) is 0 Å². The Bertz CT molecular complexity index is 1090. The number of thioether (sulfide) groups is 1. The molecule has 3 amide bonds. The Labute approximate surface area is 189 Å². The number of nitrogens with one attached hydrogen (secondary N) is 1. The van der Waals surface area contributed by atoms with Gasteiger partial charge >= 0.3 is 6.03 Å². The molecule has 10 heteroatoms. The van der Waals surface area contributed by atoms with Gasteiger partial charge in [-0.05, 0) is 24.1 Å². The summed E-state index contributed by atoms with van der Waals surface area (Å²) < 4.78 is 7.07. The first kappa shape index (κ1) is 22.6. The molecular formula is C21H22ClN5O3S. The number of ether oxygens (including phenoxy) is 1. The van der Waals surface area contributed by atoms with Crippen molar-refractivity contribution < 1.29 is 14.3 Å². The summed E-state index contributed by atoms with van der Waals surface area (Å²) >= 11 is 7.55. The summed E-state index contributed by atoms with van der Waals surface area (Å²) in [6.07, 6.45) is 0. The highest BCUT2D eigenvalue weighted by Gasteiger charge is 2.28. The molecule has 162 valence electrons. The molecule has 0 bridgehead atoms. The van der Waals surface area contributed by atoms with E-state index in [4.69, 9.17) is 22.1 Å². The Morgan fingerprint density at radius 2 is 1.87 bits per heavy atom. The maximum Gasteiger partial charge on any atom is 0.318 e. The highest BCUT2D eigenvalue weighted by molar-refractivity contribution is 8.00. The van der Waals surface area contributed by atoms with Gasteiger partial charge in [-0.25, -0.2) is 4.79 Å². The van der Waals surface area contributed by atoms with E-state index < -0.39 is 17.2 Å². The summed E-state index contributed by atoms with van der Waals surface area (Å²) in [6, 6.07) is 14.0. The highest BCUT2D eigenvalue weighted by Crippen LogP contribution is 2.35. The molecule has 0 aliphatic heterocycles. The number of rotatable bonds is 7. The standard InChI is InChI=1S/C21H22ClN5O3S/c1-12(2)17(19(28)24-20(23)29)31-21-26-25-18(13-7-5-4-6-8-13)27(21)14-9-10-16(30-3)15(22)11-14/h4-12,17H,1-3H3,(H3,23,24,28,29). The van der Waals surface area contributed by atoms with Crippen LogP contribution in [0.4, 0.5) is 4.79 Å². The molecule has 3 N–H and O–H groups in total. The summed E-state index contributed by atoms with van der Waals surface area (Å²) in [5.74, 6) is 0.530. The molecule has 8 nitrogen and oxygen atoms in total. The molecule has 0 aliphatic rings. The van der Waals surface area contributed by atoms with Crippen molar-refractivity contribution in [1.29, 1.82) is 0 Å². The van der Waals surface area contributed by atoms with Crippen LogP contribution in [0.15, 0.2) is 53.7 Å². The first-order valence-electron chi connectivity index (χ1n) is 9.43. The number of hydrogen-bond acceptors (Lipinski definition) is 6. The molecule has 3 aromatic rings. The minimum atomic E-state index is -0.898. The number of nitrogens with two attached hydrogens (primary N) is 1. The number of carbonyl (C=O) groups is 2. The van der Waals surface area contributed by atoms with Crippen LogP contribution in [0.25, 0.3) is 17.1 Å². The van der Waals surface area contributed by atoms with Crippen LogP contribution < -0.4 is 15.8 Å². The number of aromatic nitrogens is 3. The Morgan fingerprint density at radius 3 is 2.45 bits per heavy atom. The van der Waals surface area contributed by atoms with Crippen LogP contribution in [0.2, 0.25) is 5.02 Å². The third-order valence-corrected chi connectivity index (χ3v) is 6.18. The lowest BCUT2D eigenvalue weighted by atomic mass is 10.1. The van der Waals surface area contributed by atoms with Crippen molar-refractivity contribution in [2.75, 3.05) is 7.11 Å². The smallest absolute Gasteiger partial charge is 0.318 e. The first-order valence-corrected chi connectivity index (χ1v) is 10.7. The van der Waals surface area contributed by atoms with Crippen molar-refractivity contribution in [2.45, 2.75) is 24.3 Å². The van der Waals surface area contributed by atoms with E-state index in [2.05, 4.69) is 15.5 Å². The molecule has 1 unspecified atom stereocenters. The molecule has 0 fully saturated rings. The van der Waals surface area contributed by atoms with Gasteiger partial charge in [0.2, 0.25) is 5.91 Å². The second-order valence-corrected chi connectivity index (χ2v) is 8.48. The Balaban J connectivity index is 2.10. The van der Waals surface area contributed by atoms with Crippen molar-refractivity contribution in [3.63, 3.8) is 0 Å². The Hall–Kier alpha value is -3.04. The second kappa shape index (κ2) is 9.84. The van der Waals surface area contributed by atoms with Gasteiger partial charge in [-0.15, -0.1) is 10.2 Å². The van der Waals surface area contributed by atoms with Crippen LogP contribution in [0.5, 0.6) is 5.75 Å². The molecule has 0 radical (unpaired) electrons. The van der Waals surface area contributed by atoms with Crippen molar-refractivity contribution >= 4 is 35.3 Å². The zero-order valence-electron chi connectivity index (χ0n) is 17.2. The number of nitrogens with zero attached hydrogens (tertiary/aromatic N) is 3. The number of primary amides is 1. The van der Waals surface area contributed by atoms with Crippen LogP contribution in [-0.2, 0) is 4.79 Å². The molecule has 1 atom stereocenters. The van der Waals surface area contributed by atoms with Crippen LogP contribution in [0.3, 0.4) is 0 Å². The molecule has 1 aromatic heterocycles. The topological polar surface area (TPSA) is 112 Å². The predicted molar refractivity (Wildman–Crippen MR) is 121 cm³/mol. The van der Waals surface area contributed by atoms with E-state index in [-0.39, 0.29) is 5.92 Å². The minimum Gasteiger partial charge on any atom is -0.495 e. The maximum atomic E-state index is 12.5. The first-order chi connectivity index (χ1) is 14.8. The van der Waals surface area contributed by atoms with Gasteiger partial charge in [0.25, 0.3) is 0 Å². The van der Waals surface area contributed by atoms with Crippen molar-refractivity contribution in [3.8, 4) is 22.8 Å². The summed E-state index contributed by atoms with van der Waals surface area (Å²) in [7, 11) is 1.54. The molecular weight excluding hydrogens is 438 g/mol. The SMILES string of the molecule is COc1ccc(-n2c(SC(C(=O)NC(N)=O)C(C)C)nnc2-c2ccccc2)cc1Cl. The van der Waals surface area contributed by atoms with E-state index in [1.54, 1.807) is 19.2 Å². The number of benzene rings is 2. The molecule has 0 aliphatic carbocycles.